The molecule has 18 heavy (non-hydrogen) atoms. The summed E-state index contributed by atoms with van der Waals surface area (Å²) in [7, 11) is 0. The van der Waals surface area contributed by atoms with Gasteiger partial charge in [0.2, 0.25) is 5.91 Å². The fourth-order valence-electron chi connectivity index (χ4n) is 1.39. The monoisotopic (exact) mass is 289 g/mol. The number of carbonyl (C=O) groups is 1. The molecule has 0 aliphatic heterocycles. The summed E-state index contributed by atoms with van der Waals surface area (Å²) >= 11 is 11.9. The predicted molar refractivity (Wildman–Crippen MR) is 73.9 cm³/mol. The highest BCUT2D eigenvalue weighted by atomic mass is 35.5. The molecule has 1 amide bonds. The van der Waals surface area contributed by atoms with E-state index in [2.05, 4.69) is 5.32 Å². The summed E-state index contributed by atoms with van der Waals surface area (Å²) in [4.78, 5) is 11.7. The van der Waals surface area contributed by atoms with Gasteiger partial charge in [0, 0.05) is 27.6 Å². The molecule has 3 nitrogen and oxygen atoms in total. The predicted octanol–water partition coefficient (Wildman–Crippen LogP) is 3.19. The van der Waals surface area contributed by atoms with E-state index in [1.165, 1.54) is 0 Å². The lowest BCUT2D eigenvalue weighted by molar-refractivity contribution is -0.128. The summed E-state index contributed by atoms with van der Waals surface area (Å²) in [6.45, 7) is 5.49. The van der Waals surface area contributed by atoms with E-state index in [-0.39, 0.29) is 12.5 Å². The number of rotatable bonds is 3. The SMILES string of the molecule is CC(C)(C)C(=O)NCC(O)c1c(Cl)cccc1Cl. The van der Waals surface area contributed by atoms with Crippen molar-refractivity contribution in [2.24, 2.45) is 5.41 Å². The van der Waals surface area contributed by atoms with Gasteiger partial charge in [0.15, 0.2) is 0 Å². The quantitative estimate of drug-likeness (QED) is 0.898. The third kappa shape index (κ3) is 3.87. The fraction of sp³-hybridized carbons (Fsp3) is 0.462. The minimum atomic E-state index is -0.919. The molecule has 0 heterocycles. The first-order chi connectivity index (χ1) is 8.23. The van der Waals surface area contributed by atoms with Crippen molar-refractivity contribution >= 4 is 29.1 Å². The number of nitrogens with one attached hydrogen (secondary N) is 1. The van der Waals surface area contributed by atoms with E-state index in [1.807, 2.05) is 0 Å². The molecule has 1 aromatic carbocycles. The van der Waals surface area contributed by atoms with Gasteiger partial charge in [0.25, 0.3) is 0 Å². The summed E-state index contributed by atoms with van der Waals surface area (Å²) in [5.74, 6) is -0.135. The van der Waals surface area contributed by atoms with Crippen LogP contribution in [0.1, 0.15) is 32.4 Å². The second kappa shape index (κ2) is 5.91. The summed E-state index contributed by atoms with van der Waals surface area (Å²) in [5.41, 5.74) is -0.0562. The van der Waals surface area contributed by atoms with Crippen LogP contribution in [0.2, 0.25) is 10.0 Å². The Morgan fingerprint density at radius 2 is 1.83 bits per heavy atom. The molecule has 0 aliphatic carbocycles. The van der Waals surface area contributed by atoms with Crippen molar-refractivity contribution in [2.45, 2.75) is 26.9 Å². The normalized spacial score (nSPS) is 13.2. The van der Waals surface area contributed by atoms with E-state index in [1.54, 1.807) is 39.0 Å². The first kappa shape index (κ1) is 15.3. The topological polar surface area (TPSA) is 49.3 Å². The lowest BCUT2D eigenvalue weighted by Crippen LogP contribution is -2.37. The average Bonchev–Trinajstić information content (AvgIpc) is 2.24. The van der Waals surface area contributed by atoms with Gasteiger partial charge in [-0.05, 0) is 12.1 Å². The van der Waals surface area contributed by atoms with Gasteiger partial charge in [-0.15, -0.1) is 0 Å². The molecule has 2 N–H and O–H groups in total. The minimum absolute atomic E-state index is 0.0829. The molecule has 0 aromatic heterocycles. The van der Waals surface area contributed by atoms with Gasteiger partial charge >= 0.3 is 0 Å². The van der Waals surface area contributed by atoms with Crippen molar-refractivity contribution in [2.75, 3.05) is 6.54 Å². The maximum Gasteiger partial charge on any atom is 0.225 e. The minimum Gasteiger partial charge on any atom is -0.386 e. The maximum atomic E-state index is 11.7. The molecule has 0 bridgehead atoms. The molecule has 0 spiro atoms. The summed E-state index contributed by atoms with van der Waals surface area (Å²) < 4.78 is 0. The fourth-order valence-corrected chi connectivity index (χ4v) is 2.03. The molecule has 1 unspecified atom stereocenters. The maximum absolute atomic E-state index is 11.7. The van der Waals surface area contributed by atoms with Gasteiger partial charge in [0.05, 0.1) is 6.10 Å². The highest BCUT2D eigenvalue weighted by Crippen LogP contribution is 2.29. The third-order valence-corrected chi connectivity index (χ3v) is 3.13. The zero-order valence-corrected chi connectivity index (χ0v) is 12.1. The molecule has 1 atom stereocenters. The molecular formula is C13H17Cl2NO2. The molecule has 5 heteroatoms. The Labute approximate surface area is 117 Å². The zero-order valence-electron chi connectivity index (χ0n) is 10.6. The van der Waals surface area contributed by atoms with Crippen LogP contribution in [-0.4, -0.2) is 17.6 Å². The molecule has 0 fully saturated rings. The lowest BCUT2D eigenvalue weighted by atomic mass is 9.95. The Morgan fingerprint density at radius 3 is 2.28 bits per heavy atom. The molecule has 0 saturated heterocycles. The van der Waals surface area contributed by atoms with Crippen LogP contribution in [-0.2, 0) is 4.79 Å². The second-order valence-corrected chi connectivity index (χ2v) is 5.93. The molecule has 1 rings (SSSR count). The van der Waals surface area contributed by atoms with Gasteiger partial charge in [0.1, 0.15) is 0 Å². The smallest absolute Gasteiger partial charge is 0.225 e. The summed E-state index contributed by atoms with van der Waals surface area (Å²) in [6.07, 6.45) is -0.919. The van der Waals surface area contributed by atoms with Crippen LogP contribution >= 0.6 is 23.2 Å². The van der Waals surface area contributed by atoms with E-state index in [0.29, 0.717) is 15.6 Å². The molecule has 0 radical (unpaired) electrons. The van der Waals surface area contributed by atoms with Gasteiger partial charge < -0.3 is 10.4 Å². The Morgan fingerprint density at radius 1 is 1.33 bits per heavy atom. The van der Waals surface area contributed by atoms with Crippen molar-refractivity contribution < 1.29 is 9.90 Å². The molecule has 0 saturated carbocycles. The van der Waals surface area contributed by atoms with Crippen LogP contribution in [0.4, 0.5) is 0 Å². The van der Waals surface area contributed by atoms with Crippen LogP contribution in [0.5, 0.6) is 0 Å². The number of benzene rings is 1. The average molecular weight is 290 g/mol. The standard InChI is InChI=1S/C13H17Cl2NO2/c1-13(2,3)12(18)16-7-10(17)11-8(14)5-4-6-9(11)15/h4-6,10,17H,7H2,1-3H3,(H,16,18). The molecule has 0 aliphatic rings. The van der Waals surface area contributed by atoms with E-state index >= 15 is 0 Å². The highest BCUT2D eigenvalue weighted by Gasteiger charge is 2.23. The van der Waals surface area contributed by atoms with Gasteiger partial charge in [-0.3, -0.25) is 4.79 Å². The number of aliphatic hydroxyl groups is 1. The number of amides is 1. The summed E-state index contributed by atoms with van der Waals surface area (Å²) in [6, 6.07) is 5.00. The van der Waals surface area contributed by atoms with Crippen molar-refractivity contribution in [3.05, 3.63) is 33.8 Å². The van der Waals surface area contributed by atoms with Crippen LogP contribution in [0.25, 0.3) is 0 Å². The second-order valence-electron chi connectivity index (χ2n) is 5.11. The van der Waals surface area contributed by atoms with Crippen molar-refractivity contribution in [3.8, 4) is 0 Å². The van der Waals surface area contributed by atoms with Gasteiger partial charge in [-0.25, -0.2) is 0 Å². The third-order valence-electron chi connectivity index (χ3n) is 2.47. The van der Waals surface area contributed by atoms with Gasteiger partial charge in [-0.1, -0.05) is 50.0 Å². The first-order valence-electron chi connectivity index (χ1n) is 5.63. The number of carbonyl (C=O) groups excluding carboxylic acids is 1. The largest absolute Gasteiger partial charge is 0.386 e. The number of halogens is 2. The Bertz CT molecular complexity index is 421. The number of aliphatic hydroxyl groups excluding tert-OH is 1. The van der Waals surface area contributed by atoms with Crippen molar-refractivity contribution in [3.63, 3.8) is 0 Å². The van der Waals surface area contributed by atoms with Crippen molar-refractivity contribution in [1.29, 1.82) is 0 Å². The van der Waals surface area contributed by atoms with E-state index in [9.17, 15) is 9.90 Å². The van der Waals surface area contributed by atoms with Crippen LogP contribution in [0.3, 0.4) is 0 Å². The molecular weight excluding hydrogens is 273 g/mol. The first-order valence-corrected chi connectivity index (χ1v) is 6.39. The summed E-state index contributed by atoms with van der Waals surface area (Å²) in [5, 5.41) is 13.5. The zero-order chi connectivity index (χ0) is 13.9. The Hall–Kier alpha value is -0.770. The lowest BCUT2D eigenvalue weighted by Gasteiger charge is -2.20. The Balaban J connectivity index is 2.72. The number of hydrogen-bond acceptors (Lipinski definition) is 2. The van der Waals surface area contributed by atoms with Crippen LogP contribution < -0.4 is 5.32 Å². The molecule has 1 aromatic rings. The van der Waals surface area contributed by atoms with Crippen LogP contribution in [0, 0.1) is 5.41 Å². The van der Waals surface area contributed by atoms with E-state index < -0.39 is 11.5 Å². The Kier molecular flexibility index (Phi) is 5.02. The van der Waals surface area contributed by atoms with Gasteiger partial charge in [-0.2, -0.15) is 0 Å². The van der Waals surface area contributed by atoms with E-state index in [4.69, 9.17) is 23.2 Å². The van der Waals surface area contributed by atoms with Crippen molar-refractivity contribution in [1.82, 2.24) is 5.32 Å². The van der Waals surface area contributed by atoms with E-state index in [0.717, 1.165) is 0 Å². The van der Waals surface area contributed by atoms with Crippen LogP contribution in [0.15, 0.2) is 18.2 Å². The highest BCUT2D eigenvalue weighted by molar-refractivity contribution is 6.36. The number of hydrogen-bond donors (Lipinski definition) is 2. The molecule has 100 valence electrons.